The molecule has 1 saturated heterocycles. The minimum atomic E-state index is -1.16. The maximum atomic E-state index is 14.2. The Hall–Kier alpha value is -1.82. The topological polar surface area (TPSA) is 55.8 Å². The van der Waals surface area contributed by atoms with Gasteiger partial charge in [0, 0.05) is 12.2 Å². The van der Waals surface area contributed by atoms with E-state index >= 15 is 0 Å². The van der Waals surface area contributed by atoms with Crippen molar-refractivity contribution in [1.29, 1.82) is 0 Å². The summed E-state index contributed by atoms with van der Waals surface area (Å²) >= 11 is 6.16. The molecule has 0 amide bonds. The van der Waals surface area contributed by atoms with Gasteiger partial charge in [0.25, 0.3) is 0 Å². The largest absolute Gasteiger partial charge is 0.405 e. The third-order valence-electron chi connectivity index (χ3n) is 3.75. The van der Waals surface area contributed by atoms with Crippen LogP contribution in [0.15, 0.2) is 6.07 Å². The number of halogens is 2. The molecule has 2 rings (SSSR count). The van der Waals surface area contributed by atoms with E-state index in [1.807, 2.05) is 20.8 Å². The number of rotatable bonds is 5. The van der Waals surface area contributed by atoms with Crippen molar-refractivity contribution in [1.82, 2.24) is 0 Å². The summed E-state index contributed by atoms with van der Waals surface area (Å²) in [5.41, 5.74) is 1.64. The molecule has 0 aliphatic carbocycles. The molecule has 7 heteroatoms. The summed E-state index contributed by atoms with van der Waals surface area (Å²) in [7, 11) is 0. The third-order valence-corrected chi connectivity index (χ3v) is 4.15. The third kappa shape index (κ3) is 3.42. The van der Waals surface area contributed by atoms with E-state index < -0.39 is 30.6 Å². The first-order chi connectivity index (χ1) is 10.9. The Morgan fingerprint density at radius 1 is 1.22 bits per heavy atom. The van der Waals surface area contributed by atoms with Gasteiger partial charge in [-0.3, -0.25) is 9.59 Å². The Balaban J connectivity index is 2.50. The summed E-state index contributed by atoms with van der Waals surface area (Å²) in [4.78, 5) is 24.6. The molecule has 0 saturated carbocycles. The fraction of sp³-hybridized carbons (Fsp3) is 0.500. The zero-order valence-corrected chi connectivity index (χ0v) is 14.1. The van der Waals surface area contributed by atoms with Crippen LogP contribution in [0.25, 0.3) is 0 Å². The van der Waals surface area contributed by atoms with E-state index in [1.165, 1.54) is 0 Å². The number of carbonyl (C=O) groups is 2. The number of anilines is 1. The second kappa shape index (κ2) is 7.17. The number of esters is 2. The van der Waals surface area contributed by atoms with Crippen molar-refractivity contribution < 1.29 is 23.5 Å². The van der Waals surface area contributed by atoms with Crippen molar-refractivity contribution in [2.24, 2.45) is 0 Å². The van der Waals surface area contributed by atoms with Crippen LogP contribution in [-0.4, -0.2) is 24.9 Å². The Morgan fingerprint density at radius 3 is 2.30 bits per heavy atom. The Morgan fingerprint density at radius 2 is 1.83 bits per heavy atom. The molecule has 1 fully saturated rings. The van der Waals surface area contributed by atoms with Crippen molar-refractivity contribution in [3.05, 3.63) is 28.0 Å². The summed E-state index contributed by atoms with van der Waals surface area (Å²) in [5, 5.41) is 0.0498. The van der Waals surface area contributed by atoms with Crippen molar-refractivity contribution in [2.75, 3.05) is 11.4 Å². The van der Waals surface area contributed by atoms with Crippen LogP contribution < -0.4 is 4.90 Å². The van der Waals surface area contributed by atoms with Crippen molar-refractivity contribution in [3.8, 4) is 0 Å². The molecule has 0 N–H and O–H groups in total. The van der Waals surface area contributed by atoms with Gasteiger partial charge in [-0.15, -0.1) is 0 Å². The molecule has 1 aliphatic heterocycles. The van der Waals surface area contributed by atoms with Crippen LogP contribution in [0.1, 0.15) is 38.3 Å². The minimum Gasteiger partial charge on any atom is -0.405 e. The predicted molar refractivity (Wildman–Crippen MR) is 83.8 cm³/mol. The second-order valence-electron chi connectivity index (χ2n) is 5.12. The zero-order valence-electron chi connectivity index (χ0n) is 13.3. The van der Waals surface area contributed by atoms with Crippen LogP contribution in [0, 0.1) is 5.82 Å². The van der Waals surface area contributed by atoms with Crippen molar-refractivity contribution in [3.63, 3.8) is 0 Å². The van der Waals surface area contributed by atoms with E-state index in [9.17, 15) is 14.0 Å². The first-order valence-electron chi connectivity index (χ1n) is 7.58. The van der Waals surface area contributed by atoms with Gasteiger partial charge in [-0.1, -0.05) is 25.4 Å². The fourth-order valence-electron chi connectivity index (χ4n) is 2.56. The Kier molecular flexibility index (Phi) is 5.46. The number of ether oxygens (including phenoxy) is 2. The number of carbonyl (C=O) groups excluding carboxylic acids is 2. The van der Waals surface area contributed by atoms with Gasteiger partial charge in [0.05, 0.1) is 5.02 Å². The number of benzene rings is 1. The fourth-order valence-corrected chi connectivity index (χ4v) is 2.91. The van der Waals surface area contributed by atoms with Gasteiger partial charge in [0.1, 0.15) is 12.2 Å². The molecule has 1 aliphatic rings. The lowest BCUT2D eigenvalue weighted by Gasteiger charge is -2.34. The maximum Gasteiger partial charge on any atom is 0.332 e. The van der Waals surface area contributed by atoms with Crippen LogP contribution in [0.3, 0.4) is 0 Å². The first kappa shape index (κ1) is 17.5. The van der Waals surface area contributed by atoms with Gasteiger partial charge < -0.3 is 14.4 Å². The molecule has 0 unspecified atom stereocenters. The molecule has 0 bridgehead atoms. The van der Waals surface area contributed by atoms with E-state index in [0.717, 1.165) is 0 Å². The molecular formula is C16H19ClFNO4. The molecule has 0 radical (unpaired) electrons. The van der Waals surface area contributed by atoms with E-state index in [0.29, 0.717) is 36.2 Å². The molecule has 126 valence electrons. The number of cyclic esters (lactones) is 2. The lowest BCUT2D eigenvalue weighted by Crippen LogP contribution is -2.46. The first-order valence-corrected chi connectivity index (χ1v) is 7.95. The smallest absolute Gasteiger partial charge is 0.332 e. The summed E-state index contributed by atoms with van der Waals surface area (Å²) in [6.07, 6.45) is -0.617. The highest BCUT2D eigenvalue weighted by Gasteiger charge is 2.33. The molecule has 1 aromatic carbocycles. The summed E-state index contributed by atoms with van der Waals surface area (Å²) < 4.78 is 24.5. The summed E-state index contributed by atoms with van der Waals surface area (Å²) in [6.45, 7) is 5.88. The molecule has 1 aromatic rings. The minimum absolute atomic E-state index is 0.0498. The standard InChI is InChI=1S/C16H19ClFNO4/c1-4-9-7-11(10(5-2)14(17)15(9)18)19(6-3)16-22-12(20)8-13(21)23-16/h7,16H,4-6,8H2,1-3H3. The predicted octanol–water partition coefficient (Wildman–Crippen LogP) is 3.20. The molecule has 5 nitrogen and oxygen atoms in total. The van der Waals surface area contributed by atoms with Gasteiger partial charge in [0.2, 0.25) is 0 Å². The number of hydrogen-bond donors (Lipinski definition) is 0. The van der Waals surface area contributed by atoms with Gasteiger partial charge in [-0.05, 0) is 37.0 Å². The van der Waals surface area contributed by atoms with Gasteiger partial charge in [-0.25, -0.2) is 4.39 Å². The van der Waals surface area contributed by atoms with Crippen molar-refractivity contribution >= 4 is 29.2 Å². The highest BCUT2D eigenvalue weighted by Crippen LogP contribution is 2.35. The van der Waals surface area contributed by atoms with E-state index in [-0.39, 0.29) is 5.02 Å². The number of hydrogen-bond acceptors (Lipinski definition) is 5. The van der Waals surface area contributed by atoms with Gasteiger partial charge >= 0.3 is 18.4 Å². The quantitative estimate of drug-likeness (QED) is 0.607. The molecule has 0 atom stereocenters. The molecule has 0 spiro atoms. The van der Waals surface area contributed by atoms with E-state index in [2.05, 4.69) is 0 Å². The monoisotopic (exact) mass is 343 g/mol. The Labute approximate surface area is 139 Å². The second-order valence-corrected chi connectivity index (χ2v) is 5.50. The Bertz CT molecular complexity index is 619. The summed E-state index contributed by atoms with van der Waals surface area (Å²) in [6, 6.07) is 1.67. The molecule has 1 heterocycles. The lowest BCUT2D eigenvalue weighted by atomic mass is 10.0. The van der Waals surface area contributed by atoms with Crippen LogP contribution in [0.5, 0.6) is 0 Å². The SMILES string of the molecule is CCc1cc(N(CC)C2OC(=O)CC(=O)O2)c(CC)c(Cl)c1F. The highest BCUT2D eigenvalue weighted by atomic mass is 35.5. The summed E-state index contributed by atoms with van der Waals surface area (Å²) in [5.74, 6) is -1.73. The average Bonchev–Trinajstić information content (AvgIpc) is 2.50. The normalized spacial score (nSPS) is 15.3. The molecule has 0 aromatic heterocycles. The van der Waals surface area contributed by atoms with Crippen molar-refractivity contribution in [2.45, 2.75) is 46.4 Å². The average molecular weight is 344 g/mol. The van der Waals surface area contributed by atoms with Crippen LogP contribution >= 0.6 is 11.6 Å². The zero-order chi connectivity index (χ0) is 17.1. The molecular weight excluding hydrogens is 325 g/mol. The van der Waals surface area contributed by atoms with E-state index in [4.69, 9.17) is 21.1 Å². The number of aryl methyl sites for hydroxylation is 1. The number of nitrogens with zero attached hydrogens (tertiary/aromatic N) is 1. The van der Waals surface area contributed by atoms with Gasteiger partial charge in [-0.2, -0.15) is 0 Å². The highest BCUT2D eigenvalue weighted by molar-refractivity contribution is 6.32. The van der Waals surface area contributed by atoms with Gasteiger partial charge in [0.15, 0.2) is 0 Å². The molecule has 23 heavy (non-hydrogen) atoms. The van der Waals surface area contributed by atoms with E-state index in [1.54, 1.807) is 11.0 Å². The van der Waals surface area contributed by atoms with Crippen LogP contribution in [0.4, 0.5) is 10.1 Å². The van der Waals surface area contributed by atoms with Crippen LogP contribution in [-0.2, 0) is 31.9 Å². The van der Waals surface area contributed by atoms with Crippen LogP contribution in [0.2, 0.25) is 5.02 Å². The lowest BCUT2D eigenvalue weighted by molar-refractivity contribution is -0.202. The maximum absolute atomic E-state index is 14.2.